The molecular weight excluding hydrogens is 298 g/mol. The van der Waals surface area contributed by atoms with Crippen LogP contribution in [0.5, 0.6) is 0 Å². The van der Waals surface area contributed by atoms with Gasteiger partial charge in [0.25, 0.3) is 5.91 Å². The van der Waals surface area contributed by atoms with Gasteiger partial charge >= 0.3 is 0 Å². The number of hydrogen-bond donors (Lipinski definition) is 1. The number of carbonyl (C=O) groups excluding carboxylic acids is 1. The first-order valence-electron chi connectivity index (χ1n) is 4.05. The van der Waals surface area contributed by atoms with E-state index in [9.17, 15) is 4.79 Å². The van der Waals surface area contributed by atoms with Crippen molar-refractivity contribution in [2.24, 2.45) is 0 Å². The van der Waals surface area contributed by atoms with E-state index in [1.807, 2.05) is 5.38 Å². The van der Waals surface area contributed by atoms with Crippen LogP contribution in [0.4, 0.5) is 0 Å². The maximum absolute atomic E-state index is 11.7. The Labute approximate surface area is 103 Å². The van der Waals surface area contributed by atoms with Gasteiger partial charge in [0, 0.05) is 0 Å². The predicted octanol–water partition coefficient (Wildman–Crippen LogP) is 2.29. The van der Waals surface area contributed by atoms with Crippen molar-refractivity contribution in [3.63, 3.8) is 0 Å². The Bertz CT molecular complexity index is 454. The molecule has 78 valence electrons. The number of aromatic nitrogens is 2. The van der Waals surface area contributed by atoms with E-state index < -0.39 is 0 Å². The largest absolute Gasteiger partial charge is 0.347 e. The Morgan fingerprint density at radius 3 is 3.07 bits per heavy atom. The molecule has 2 rings (SSSR count). The Hall–Kier alpha value is -0.790. The summed E-state index contributed by atoms with van der Waals surface area (Å²) in [4.78, 5) is 12.6. The van der Waals surface area contributed by atoms with Crippen LogP contribution in [0.1, 0.15) is 15.2 Å². The van der Waals surface area contributed by atoms with Crippen molar-refractivity contribution in [3.05, 3.63) is 31.9 Å². The van der Waals surface area contributed by atoms with E-state index >= 15 is 0 Å². The highest BCUT2D eigenvalue weighted by molar-refractivity contribution is 9.11. The molecule has 0 aliphatic heterocycles. The van der Waals surface area contributed by atoms with Crippen molar-refractivity contribution in [2.45, 2.75) is 6.54 Å². The van der Waals surface area contributed by atoms with Crippen LogP contribution < -0.4 is 5.32 Å². The number of nitrogens with one attached hydrogen (secondary N) is 1. The van der Waals surface area contributed by atoms with Crippen LogP contribution in [0.3, 0.4) is 0 Å². The van der Waals surface area contributed by atoms with Crippen LogP contribution in [0.2, 0.25) is 0 Å². The number of halogens is 1. The van der Waals surface area contributed by atoms with Crippen molar-refractivity contribution >= 4 is 44.7 Å². The zero-order valence-corrected chi connectivity index (χ0v) is 10.7. The van der Waals surface area contributed by atoms with Crippen LogP contribution in [0, 0.1) is 0 Å². The van der Waals surface area contributed by atoms with Crippen LogP contribution in [0.15, 0.2) is 21.4 Å². The molecule has 7 heteroatoms. The highest BCUT2D eigenvalue weighted by Gasteiger charge is 2.10. The van der Waals surface area contributed by atoms with Crippen molar-refractivity contribution in [1.29, 1.82) is 0 Å². The first-order valence-corrected chi connectivity index (χ1v) is 6.49. The van der Waals surface area contributed by atoms with Gasteiger partial charge in [0.05, 0.1) is 27.0 Å². The average Bonchev–Trinajstić information content (AvgIpc) is 2.84. The van der Waals surface area contributed by atoms with Gasteiger partial charge in [0.15, 0.2) is 0 Å². The van der Waals surface area contributed by atoms with Crippen molar-refractivity contribution in [2.75, 3.05) is 0 Å². The van der Waals surface area contributed by atoms with Gasteiger partial charge in [-0.25, -0.2) is 0 Å². The number of rotatable bonds is 3. The standard InChI is InChI=1S/C8H6BrN3OS2/c9-7-6(1-2-14-7)8(13)10-3-5-4-11-12-15-5/h1-2,4H,3H2,(H,10,13). The molecule has 4 nitrogen and oxygen atoms in total. The predicted molar refractivity (Wildman–Crippen MR) is 63.1 cm³/mol. The first-order chi connectivity index (χ1) is 7.27. The van der Waals surface area contributed by atoms with Crippen LogP contribution in [-0.2, 0) is 6.54 Å². The highest BCUT2D eigenvalue weighted by Crippen LogP contribution is 2.23. The molecule has 2 aromatic heterocycles. The molecular formula is C8H6BrN3OS2. The molecule has 0 radical (unpaired) electrons. The normalized spacial score (nSPS) is 10.2. The topological polar surface area (TPSA) is 54.9 Å². The van der Waals surface area contributed by atoms with Gasteiger partial charge in [-0.1, -0.05) is 4.49 Å². The van der Waals surface area contributed by atoms with E-state index in [0.717, 1.165) is 8.66 Å². The third-order valence-electron chi connectivity index (χ3n) is 1.69. The summed E-state index contributed by atoms with van der Waals surface area (Å²) in [5.74, 6) is -0.0866. The van der Waals surface area contributed by atoms with Crippen molar-refractivity contribution in [3.8, 4) is 0 Å². The molecule has 0 aromatic carbocycles. The van der Waals surface area contributed by atoms with Gasteiger partial charge in [-0.2, -0.15) is 0 Å². The molecule has 2 heterocycles. The summed E-state index contributed by atoms with van der Waals surface area (Å²) in [7, 11) is 0. The minimum atomic E-state index is -0.0866. The molecule has 0 atom stereocenters. The molecule has 0 saturated carbocycles. The van der Waals surface area contributed by atoms with Gasteiger partial charge in [0.1, 0.15) is 0 Å². The summed E-state index contributed by atoms with van der Waals surface area (Å²) in [6.45, 7) is 0.471. The number of carbonyl (C=O) groups is 1. The number of thiophene rings is 1. The first kappa shape index (κ1) is 10.7. The molecule has 0 fully saturated rings. The van der Waals surface area contributed by atoms with Gasteiger partial charge in [-0.15, -0.1) is 16.4 Å². The molecule has 0 aliphatic carbocycles. The Morgan fingerprint density at radius 2 is 2.47 bits per heavy atom. The van der Waals surface area contributed by atoms with Crippen molar-refractivity contribution in [1.82, 2.24) is 14.9 Å². The summed E-state index contributed by atoms with van der Waals surface area (Å²) in [5, 5.41) is 8.36. The Balaban J connectivity index is 1.96. The summed E-state index contributed by atoms with van der Waals surface area (Å²) >= 11 is 6.09. The van der Waals surface area contributed by atoms with Crippen LogP contribution >= 0.6 is 38.8 Å². The lowest BCUT2D eigenvalue weighted by molar-refractivity contribution is 0.0951. The maximum atomic E-state index is 11.7. The maximum Gasteiger partial charge on any atom is 0.253 e. The lowest BCUT2D eigenvalue weighted by atomic mass is 10.3. The summed E-state index contributed by atoms with van der Waals surface area (Å²) < 4.78 is 4.56. The highest BCUT2D eigenvalue weighted by atomic mass is 79.9. The summed E-state index contributed by atoms with van der Waals surface area (Å²) in [6.07, 6.45) is 1.65. The average molecular weight is 304 g/mol. The molecule has 15 heavy (non-hydrogen) atoms. The van der Waals surface area contributed by atoms with Crippen LogP contribution in [-0.4, -0.2) is 15.5 Å². The second-order valence-electron chi connectivity index (χ2n) is 2.67. The fourth-order valence-electron chi connectivity index (χ4n) is 0.984. The molecule has 0 spiro atoms. The fraction of sp³-hybridized carbons (Fsp3) is 0.125. The third-order valence-corrected chi connectivity index (χ3v) is 4.04. The number of amides is 1. The van der Waals surface area contributed by atoms with E-state index in [2.05, 4.69) is 30.8 Å². The minimum Gasteiger partial charge on any atom is -0.347 e. The molecule has 0 bridgehead atoms. The van der Waals surface area contributed by atoms with E-state index in [0.29, 0.717) is 12.1 Å². The molecule has 0 unspecified atom stereocenters. The van der Waals surface area contributed by atoms with Gasteiger partial charge in [0.2, 0.25) is 0 Å². The molecule has 1 N–H and O–H groups in total. The smallest absolute Gasteiger partial charge is 0.253 e. The second kappa shape index (κ2) is 4.82. The fourth-order valence-corrected chi connectivity index (χ4v) is 2.66. The molecule has 0 aliphatic rings. The lowest BCUT2D eigenvalue weighted by Gasteiger charge is -2.00. The third kappa shape index (κ3) is 2.61. The summed E-state index contributed by atoms with van der Waals surface area (Å²) in [6, 6.07) is 1.79. The molecule has 1 amide bonds. The Kier molecular flexibility index (Phi) is 3.45. The van der Waals surface area contributed by atoms with Gasteiger partial charge < -0.3 is 5.32 Å². The van der Waals surface area contributed by atoms with Crippen molar-refractivity contribution < 1.29 is 4.79 Å². The number of hydrogen-bond acceptors (Lipinski definition) is 5. The van der Waals surface area contributed by atoms with E-state index in [1.54, 1.807) is 12.3 Å². The molecule has 2 aromatic rings. The van der Waals surface area contributed by atoms with Gasteiger partial charge in [-0.3, -0.25) is 4.79 Å². The summed E-state index contributed by atoms with van der Waals surface area (Å²) in [5.41, 5.74) is 0.664. The number of nitrogens with zero attached hydrogens (tertiary/aromatic N) is 2. The van der Waals surface area contributed by atoms with E-state index in [1.165, 1.54) is 22.9 Å². The zero-order valence-electron chi connectivity index (χ0n) is 7.44. The monoisotopic (exact) mass is 303 g/mol. The SMILES string of the molecule is O=C(NCc1cnns1)c1ccsc1Br. The molecule has 0 saturated heterocycles. The Morgan fingerprint density at radius 1 is 1.60 bits per heavy atom. The van der Waals surface area contributed by atoms with E-state index in [4.69, 9.17) is 0 Å². The van der Waals surface area contributed by atoms with Gasteiger partial charge in [-0.05, 0) is 38.9 Å². The second-order valence-corrected chi connectivity index (χ2v) is 5.78. The lowest BCUT2D eigenvalue weighted by Crippen LogP contribution is -2.22. The quantitative estimate of drug-likeness (QED) is 0.946. The van der Waals surface area contributed by atoms with E-state index in [-0.39, 0.29) is 5.91 Å². The zero-order chi connectivity index (χ0) is 10.7. The minimum absolute atomic E-state index is 0.0866. The van der Waals surface area contributed by atoms with Crippen LogP contribution in [0.25, 0.3) is 0 Å².